The highest BCUT2D eigenvalue weighted by molar-refractivity contribution is 6.37. The van der Waals surface area contributed by atoms with Crippen molar-refractivity contribution in [1.82, 2.24) is 0 Å². The van der Waals surface area contributed by atoms with Crippen LogP contribution < -0.4 is 0 Å². The first-order valence-corrected chi connectivity index (χ1v) is 7.05. The van der Waals surface area contributed by atoms with E-state index in [2.05, 4.69) is 0 Å². The Balaban J connectivity index is 2.27. The monoisotopic (exact) mass is 324 g/mol. The molecule has 2 rings (SSSR count). The van der Waals surface area contributed by atoms with Gasteiger partial charge < -0.3 is 0 Å². The van der Waals surface area contributed by atoms with Gasteiger partial charge >= 0.3 is 0 Å². The van der Waals surface area contributed by atoms with Gasteiger partial charge in [-0.15, -0.1) is 0 Å². The van der Waals surface area contributed by atoms with E-state index in [9.17, 15) is 4.79 Å². The average molecular weight is 326 g/mol. The third kappa shape index (κ3) is 3.43. The number of halogens is 3. The van der Waals surface area contributed by atoms with E-state index in [1.165, 1.54) is 6.08 Å². The predicted octanol–water partition coefficient (Wildman–Crippen LogP) is 5.85. The molecule has 2 aromatic carbocycles. The Morgan fingerprint density at radius 2 is 1.65 bits per heavy atom. The van der Waals surface area contributed by atoms with Crippen molar-refractivity contribution < 1.29 is 4.79 Å². The number of hydrogen-bond donors (Lipinski definition) is 0. The number of hydrogen-bond acceptors (Lipinski definition) is 1. The molecule has 0 aliphatic heterocycles. The van der Waals surface area contributed by atoms with Gasteiger partial charge in [-0.25, -0.2) is 0 Å². The van der Waals surface area contributed by atoms with Crippen molar-refractivity contribution in [3.05, 3.63) is 74.2 Å². The highest BCUT2D eigenvalue weighted by Gasteiger charge is 2.06. The molecule has 0 aromatic heterocycles. The van der Waals surface area contributed by atoms with Crippen LogP contribution in [-0.2, 0) is 0 Å². The fourth-order valence-electron chi connectivity index (χ4n) is 1.72. The van der Waals surface area contributed by atoms with Crippen molar-refractivity contribution in [2.24, 2.45) is 0 Å². The van der Waals surface area contributed by atoms with Gasteiger partial charge in [-0.05, 0) is 55.0 Å². The maximum atomic E-state index is 12.1. The van der Waals surface area contributed by atoms with E-state index in [-0.39, 0.29) is 5.78 Å². The molecule has 0 saturated carbocycles. The van der Waals surface area contributed by atoms with E-state index in [0.717, 1.165) is 5.56 Å². The lowest BCUT2D eigenvalue weighted by Crippen LogP contribution is -1.95. The molecule has 4 heteroatoms. The fourth-order valence-corrected chi connectivity index (χ4v) is 2.36. The Hall–Kier alpha value is -1.28. The maximum absolute atomic E-state index is 12.1. The minimum atomic E-state index is -0.124. The smallest absolute Gasteiger partial charge is 0.185 e. The molecular formula is C16H11Cl3O. The lowest BCUT2D eigenvalue weighted by atomic mass is 10.1. The second-order valence-corrected chi connectivity index (χ2v) is 5.52. The predicted molar refractivity (Wildman–Crippen MR) is 86.0 cm³/mol. The van der Waals surface area contributed by atoms with Gasteiger partial charge in [0.05, 0.1) is 0 Å². The number of ketones is 1. The van der Waals surface area contributed by atoms with Gasteiger partial charge in [-0.1, -0.05) is 40.9 Å². The third-order valence-corrected chi connectivity index (χ3v) is 3.93. The number of aryl methyl sites for hydroxylation is 1. The number of benzene rings is 2. The molecule has 1 nitrogen and oxygen atoms in total. The molecule has 0 N–H and O–H groups in total. The molecule has 0 amide bonds. The van der Waals surface area contributed by atoms with Crippen LogP contribution in [0.2, 0.25) is 15.1 Å². The second kappa shape index (κ2) is 6.45. The van der Waals surface area contributed by atoms with Crippen LogP contribution in [0.5, 0.6) is 0 Å². The van der Waals surface area contributed by atoms with Crippen LogP contribution in [0, 0.1) is 6.92 Å². The van der Waals surface area contributed by atoms with Crippen molar-refractivity contribution >= 4 is 46.7 Å². The van der Waals surface area contributed by atoms with Gasteiger partial charge in [0.25, 0.3) is 0 Å². The minimum Gasteiger partial charge on any atom is -0.289 e. The molecule has 0 heterocycles. The Labute approximate surface area is 132 Å². The summed E-state index contributed by atoms with van der Waals surface area (Å²) in [4.78, 5) is 12.1. The highest BCUT2D eigenvalue weighted by atomic mass is 35.5. The Bertz CT molecular complexity index is 670. The summed E-state index contributed by atoms with van der Waals surface area (Å²) >= 11 is 18.0. The number of carbonyl (C=O) groups is 1. The molecule has 0 unspecified atom stereocenters. The van der Waals surface area contributed by atoms with Gasteiger partial charge in [-0.2, -0.15) is 0 Å². The summed E-state index contributed by atoms with van der Waals surface area (Å²) in [5.41, 5.74) is 2.07. The molecular weight excluding hydrogens is 315 g/mol. The summed E-state index contributed by atoms with van der Waals surface area (Å²) in [5.74, 6) is -0.124. The van der Waals surface area contributed by atoms with Gasteiger partial charge in [0.1, 0.15) is 0 Å². The molecule has 102 valence electrons. The van der Waals surface area contributed by atoms with E-state index in [1.54, 1.807) is 42.5 Å². The van der Waals surface area contributed by atoms with Gasteiger partial charge in [0.2, 0.25) is 0 Å². The zero-order valence-electron chi connectivity index (χ0n) is 10.7. The van der Waals surface area contributed by atoms with Crippen LogP contribution in [0.1, 0.15) is 21.5 Å². The maximum Gasteiger partial charge on any atom is 0.185 e. The van der Waals surface area contributed by atoms with Crippen LogP contribution in [0.25, 0.3) is 6.08 Å². The van der Waals surface area contributed by atoms with Gasteiger partial charge in [0, 0.05) is 26.2 Å². The molecule has 0 bridgehead atoms. The summed E-state index contributed by atoms with van der Waals surface area (Å²) in [6, 6.07) is 10.4. The SMILES string of the molecule is Cc1cc(C(=O)/C=C/c2c(Cl)cccc2Cl)ccc1Cl. The van der Waals surface area contributed by atoms with Crippen LogP contribution in [0.3, 0.4) is 0 Å². The molecule has 0 aliphatic carbocycles. The molecule has 20 heavy (non-hydrogen) atoms. The average Bonchev–Trinajstić information content (AvgIpc) is 2.41. The van der Waals surface area contributed by atoms with Crippen molar-refractivity contribution in [3.63, 3.8) is 0 Å². The summed E-state index contributed by atoms with van der Waals surface area (Å²) < 4.78 is 0. The lowest BCUT2D eigenvalue weighted by Gasteiger charge is -2.02. The zero-order valence-corrected chi connectivity index (χ0v) is 12.9. The number of rotatable bonds is 3. The van der Waals surface area contributed by atoms with E-state index in [4.69, 9.17) is 34.8 Å². The van der Waals surface area contributed by atoms with Crippen LogP contribution in [0.4, 0.5) is 0 Å². The van der Waals surface area contributed by atoms with Crippen molar-refractivity contribution in [2.75, 3.05) is 0 Å². The van der Waals surface area contributed by atoms with Crippen molar-refractivity contribution in [3.8, 4) is 0 Å². The Kier molecular flexibility index (Phi) is 4.87. The number of carbonyl (C=O) groups excluding carboxylic acids is 1. The molecule has 2 aromatic rings. The molecule has 0 aliphatic rings. The summed E-state index contributed by atoms with van der Waals surface area (Å²) in [5, 5.41) is 1.65. The quantitative estimate of drug-likeness (QED) is 0.511. The van der Waals surface area contributed by atoms with E-state index in [1.807, 2.05) is 6.92 Å². The lowest BCUT2D eigenvalue weighted by molar-refractivity contribution is 0.104. The molecule has 0 saturated heterocycles. The number of allylic oxidation sites excluding steroid dienone is 1. The van der Waals surface area contributed by atoms with E-state index >= 15 is 0 Å². The van der Waals surface area contributed by atoms with Crippen LogP contribution >= 0.6 is 34.8 Å². The summed E-state index contributed by atoms with van der Waals surface area (Å²) in [7, 11) is 0. The summed E-state index contributed by atoms with van der Waals surface area (Å²) in [6.07, 6.45) is 3.08. The van der Waals surface area contributed by atoms with Gasteiger partial charge in [-0.3, -0.25) is 4.79 Å². The van der Waals surface area contributed by atoms with E-state index < -0.39 is 0 Å². The highest BCUT2D eigenvalue weighted by Crippen LogP contribution is 2.25. The van der Waals surface area contributed by atoms with Crippen LogP contribution in [-0.4, -0.2) is 5.78 Å². The van der Waals surface area contributed by atoms with Crippen molar-refractivity contribution in [2.45, 2.75) is 6.92 Å². The zero-order chi connectivity index (χ0) is 14.7. The molecule has 0 radical (unpaired) electrons. The Morgan fingerprint density at radius 3 is 2.25 bits per heavy atom. The molecule has 0 spiro atoms. The first-order chi connectivity index (χ1) is 9.49. The first-order valence-electron chi connectivity index (χ1n) is 5.91. The molecule has 0 atom stereocenters. The molecule has 0 fully saturated rings. The topological polar surface area (TPSA) is 17.1 Å². The first kappa shape index (κ1) is 15.1. The van der Waals surface area contributed by atoms with E-state index in [0.29, 0.717) is 26.2 Å². The summed E-state index contributed by atoms with van der Waals surface area (Å²) in [6.45, 7) is 1.85. The van der Waals surface area contributed by atoms with Crippen molar-refractivity contribution in [1.29, 1.82) is 0 Å². The second-order valence-electron chi connectivity index (χ2n) is 4.30. The normalized spacial score (nSPS) is 11.0. The van der Waals surface area contributed by atoms with Crippen LogP contribution in [0.15, 0.2) is 42.5 Å². The largest absolute Gasteiger partial charge is 0.289 e. The third-order valence-electron chi connectivity index (χ3n) is 2.84. The van der Waals surface area contributed by atoms with Gasteiger partial charge in [0.15, 0.2) is 5.78 Å². The Morgan fingerprint density at radius 1 is 1.00 bits per heavy atom. The fraction of sp³-hybridized carbons (Fsp3) is 0.0625. The minimum absolute atomic E-state index is 0.124. The standard InChI is InChI=1S/C16H11Cl3O/c1-10-9-11(5-7-13(10)17)16(20)8-6-12-14(18)3-2-4-15(12)19/h2-9H,1H3/b8-6+.